The fourth-order valence-electron chi connectivity index (χ4n) is 4.92. The van der Waals surface area contributed by atoms with Gasteiger partial charge < -0.3 is 34.3 Å². The van der Waals surface area contributed by atoms with Gasteiger partial charge in [-0.1, -0.05) is 55.1 Å². The van der Waals surface area contributed by atoms with E-state index in [0.29, 0.717) is 93.8 Å². The predicted molar refractivity (Wildman–Crippen MR) is 174 cm³/mol. The molecular weight excluding hydrogens is 572 g/mol. The number of carbonyl (C=O) groups excluding carboxylic acids is 2. The molecule has 0 aliphatic carbocycles. The molecule has 9 heteroatoms. The molecule has 0 aromatic heterocycles. The molecule has 0 atom stereocenters. The first-order valence-electron chi connectivity index (χ1n) is 15.4. The van der Waals surface area contributed by atoms with E-state index in [4.69, 9.17) is 23.7 Å². The fraction of sp³-hybridized carbons (Fsp3) is 0.333. The van der Waals surface area contributed by atoms with E-state index in [1.165, 1.54) is 0 Å². The molecule has 4 aromatic rings. The Balaban J connectivity index is 1.32. The van der Waals surface area contributed by atoms with Crippen molar-refractivity contribution in [2.75, 3.05) is 65.9 Å². The van der Waals surface area contributed by atoms with E-state index in [0.717, 1.165) is 21.5 Å². The van der Waals surface area contributed by atoms with Gasteiger partial charge in [0.2, 0.25) is 0 Å². The average Bonchev–Trinajstić information content (AvgIpc) is 3.06. The molecule has 1 aliphatic rings. The first kappa shape index (κ1) is 32.0. The Bertz CT molecular complexity index is 1500. The van der Waals surface area contributed by atoms with Crippen LogP contribution in [0.5, 0.6) is 11.5 Å². The van der Waals surface area contributed by atoms with Crippen molar-refractivity contribution in [2.45, 2.75) is 12.8 Å². The molecular formula is C36H40N2O7. The second-order valence-electron chi connectivity index (χ2n) is 10.8. The zero-order chi connectivity index (χ0) is 31.3. The number of rotatable bonds is 0. The molecule has 0 unspecified atom stereocenters. The molecule has 0 saturated carbocycles. The lowest BCUT2D eigenvalue weighted by Crippen LogP contribution is -2.26. The number of fused-ring (bicyclic) bond motifs is 4. The van der Waals surface area contributed by atoms with Crippen molar-refractivity contribution in [1.82, 2.24) is 10.6 Å². The highest BCUT2D eigenvalue weighted by Crippen LogP contribution is 2.28. The maximum Gasteiger partial charge on any atom is 0.255 e. The van der Waals surface area contributed by atoms with Crippen LogP contribution in [0.15, 0.2) is 84.9 Å². The minimum absolute atomic E-state index is 0.129. The van der Waals surface area contributed by atoms with Gasteiger partial charge in [0.05, 0.1) is 37.6 Å². The van der Waals surface area contributed by atoms with Gasteiger partial charge in [-0.2, -0.15) is 0 Å². The summed E-state index contributed by atoms with van der Waals surface area (Å²) >= 11 is 0. The molecule has 2 N–H and O–H groups in total. The topological polar surface area (TPSA) is 104 Å². The van der Waals surface area contributed by atoms with Crippen molar-refractivity contribution < 1.29 is 33.3 Å². The molecule has 5 rings (SSSR count). The van der Waals surface area contributed by atoms with Crippen molar-refractivity contribution in [3.63, 3.8) is 0 Å². The van der Waals surface area contributed by atoms with E-state index in [9.17, 15) is 9.59 Å². The maximum absolute atomic E-state index is 13.2. The van der Waals surface area contributed by atoms with E-state index in [-0.39, 0.29) is 25.0 Å². The van der Waals surface area contributed by atoms with Crippen molar-refractivity contribution in [3.05, 3.63) is 96.1 Å². The largest absolute Gasteiger partial charge is 0.488 e. The Morgan fingerprint density at radius 2 is 0.911 bits per heavy atom. The molecule has 4 aromatic carbocycles. The van der Waals surface area contributed by atoms with Gasteiger partial charge in [-0.3, -0.25) is 9.59 Å². The fourth-order valence-corrected chi connectivity index (χ4v) is 4.92. The van der Waals surface area contributed by atoms with Crippen LogP contribution < -0.4 is 20.1 Å². The van der Waals surface area contributed by atoms with Crippen LogP contribution in [0.1, 0.15) is 33.6 Å². The van der Waals surface area contributed by atoms with Gasteiger partial charge in [0.15, 0.2) is 0 Å². The van der Waals surface area contributed by atoms with E-state index in [2.05, 4.69) is 17.2 Å². The Labute approximate surface area is 263 Å². The summed E-state index contributed by atoms with van der Waals surface area (Å²) in [5.74, 6) is 0.456. The number of nitrogens with one attached hydrogen (secondary N) is 2. The highest BCUT2D eigenvalue weighted by atomic mass is 16.5. The van der Waals surface area contributed by atoms with E-state index in [1.54, 1.807) is 0 Å². The third-order valence-electron chi connectivity index (χ3n) is 7.29. The lowest BCUT2D eigenvalue weighted by atomic mass is 10.0. The Kier molecular flexibility index (Phi) is 11.8. The molecule has 0 spiro atoms. The smallest absolute Gasteiger partial charge is 0.255 e. The third kappa shape index (κ3) is 9.28. The van der Waals surface area contributed by atoms with Crippen molar-refractivity contribution >= 4 is 33.4 Å². The van der Waals surface area contributed by atoms with Crippen LogP contribution >= 0.6 is 0 Å². The van der Waals surface area contributed by atoms with E-state index < -0.39 is 0 Å². The summed E-state index contributed by atoms with van der Waals surface area (Å²) in [5, 5.41) is 9.74. The standard InChI is InChI=1S/C36H40N2O7/c1-26-24-44-33-22-29-10-4-2-8-27(29)20-31(33)35(39)37-12-6-14-41-16-18-43-19-17-42-15-7-13-38-36(40)32-21-28-9-3-5-11-30(28)23-34(32)45-25-26/h2-5,8-11,20-23H,1,6-7,12-19,24-25H2,(H,37,39)(H,38,40). The van der Waals surface area contributed by atoms with Gasteiger partial charge in [-0.15, -0.1) is 0 Å². The summed E-state index contributed by atoms with van der Waals surface area (Å²) in [7, 11) is 0. The first-order chi connectivity index (χ1) is 22.1. The molecule has 0 fully saturated rings. The van der Waals surface area contributed by atoms with Crippen LogP contribution in [0.3, 0.4) is 0 Å². The summed E-state index contributed by atoms with van der Waals surface area (Å²) in [6.07, 6.45) is 1.33. The molecule has 0 bridgehead atoms. The minimum Gasteiger partial charge on any atom is -0.488 e. The van der Waals surface area contributed by atoms with Crippen molar-refractivity contribution in [1.29, 1.82) is 0 Å². The number of ether oxygens (including phenoxy) is 5. The van der Waals surface area contributed by atoms with Crippen LogP contribution in [0.25, 0.3) is 21.5 Å². The highest BCUT2D eigenvalue weighted by molar-refractivity contribution is 6.02. The first-order valence-corrected chi connectivity index (χ1v) is 15.4. The van der Waals surface area contributed by atoms with Gasteiger partial charge in [-0.25, -0.2) is 0 Å². The molecule has 0 radical (unpaired) electrons. The number of hydrogen-bond donors (Lipinski definition) is 2. The molecule has 0 saturated heterocycles. The lowest BCUT2D eigenvalue weighted by Gasteiger charge is -2.16. The second kappa shape index (κ2) is 16.6. The molecule has 1 heterocycles. The van der Waals surface area contributed by atoms with Crippen LogP contribution in [0, 0.1) is 0 Å². The number of amides is 2. The average molecular weight is 613 g/mol. The van der Waals surface area contributed by atoms with Gasteiger partial charge in [0.25, 0.3) is 11.8 Å². The van der Waals surface area contributed by atoms with Crippen LogP contribution in [0.2, 0.25) is 0 Å². The van der Waals surface area contributed by atoms with E-state index in [1.807, 2.05) is 72.8 Å². The maximum atomic E-state index is 13.2. The summed E-state index contributed by atoms with van der Waals surface area (Å²) in [6.45, 7) is 8.19. The number of carbonyl (C=O) groups is 2. The lowest BCUT2D eigenvalue weighted by molar-refractivity contribution is 0.0139. The summed E-state index contributed by atoms with van der Waals surface area (Å²) in [4.78, 5) is 26.4. The normalized spacial score (nSPS) is 17.3. The molecule has 45 heavy (non-hydrogen) atoms. The van der Waals surface area contributed by atoms with Gasteiger partial charge in [0, 0.05) is 26.3 Å². The van der Waals surface area contributed by atoms with Crippen molar-refractivity contribution in [3.8, 4) is 11.5 Å². The highest BCUT2D eigenvalue weighted by Gasteiger charge is 2.17. The Hall–Kier alpha value is -4.44. The zero-order valence-electron chi connectivity index (χ0n) is 25.5. The molecule has 1 aliphatic heterocycles. The predicted octanol–water partition coefficient (Wildman–Crippen LogP) is 5.31. The van der Waals surface area contributed by atoms with Gasteiger partial charge >= 0.3 is 0 Å². The van der Waals surface area contributed by atoms with Gasteiger partial charge in [-0.05, 0) is 64.2 Å². The summed E-state index contributed by atoms with van der Waals surface area (Å²) in [5.41, 5.74) is 1.52. The van der Waals surface area contributed by atoms with Crippen LogP contribution in [-0.4, -0.2) is 77.8 Å². The molecule has 9 nitrogen and oxygen atoms in total. The van der Waals surface area contributed by atoms with Gasteiger partial charge in [0.1, 0.15) is 24.7 Å². The van der Waals surface area contributed by atoms with E-state index >= 15 is 0 Å². The SMILES string of the molecule is C=C1COc2cc3ccccc3cc2C(=O)NCCCOCCOCCOCCCNC(=O)c2cc3ccccc3cc2OC1. The Morgan fingerprint density at radius 1 is 0.533 bits per heavy atom. The van der Waals surface area contributed by atoms with Crippen molar-refractivity contribution in [2.24, 2.45) is 0 Å². The second-order valence-corrected chi connectivity index (χ2v) is 10.8. The summed E-state index contributed by atoms with van der Waals surface area (Å²) in [6, 6.07) is 23.1. The molecule has 236 valence electrons. The van der Waals surface area contributed by atoms with Crippen LogP contribution in [0.4, 0.5) is 0 Å². The zero-order valence-corrected chi connectivity index (χ0v) is 25.5. The Morgan fingerprint density at radius 3 is 1.33 bits per heavy atom. The summed E-state index contributed by atoms with van der Waals surface area (Å²) < 4.78 is 29.1. The van der Waals surface area contributed by atoms with Crippen LogP contribution in [-0.2, 0) is 14.2 Å². The molecule has 2 amide bonds. The quantitative estimate of drug-likeness (QED) is 0.260. The number of benzene rings is 4. The monoisotopic (exact) mass is 612 g/mol. The minimum atomic E-state index is -0.228. The number of hydrogen-bond acceptors (Lipinski definition) is 7. The third-order valence-corrected chi connectivity index (χ3v) is 7.29.